The maximum absolute atomic E-state index is 11.8. The molecule has 18 heavy (non-hydrogen) atoms. The third kappa shape index (κ3) is 4.22. The van der Waals surface area contributed by atoms with E-state index in [4.69, 9.17) is 15.6 Å². The van der Waals surface area contributed by atoms with Crippen molar-refractivity contribution >= 4 is 22.1 Å². The van der Waals surface area contributed by atoms with Crippen molar-refractivity contribution in [1.82, 2.24) is 9.03 Å². The number of hydrogen-bond acceptors (Lipinski definition) is 5. The van der Waals surface area contributed by atoms with E-state index >= 15 is 0 Å². The van der Waals surface area contributed by atoms with Gasteiger partial charge in [-0.25, -0.2) is 0 Å². The Kier molecular flexibility index (Phi) is 5.02. The summed E-state index contributed by atoms with van der Waals surface area (Å²) in [5.74, 6) is -2.35. The molecule has 1 rings (SSSR count). The summed E-state index contributed by atoms with van der Waals surface area (Å²) in [4.78, 5) is 21.5. The first-order valence-corrected chi connectivity index (χ1v) is 6.63. The molecular formula is C8H15N3O6S. The Morgan fingerprint density at radius 3 is 2.39 bits per heavy atom. The van der Waals surface area contributed by atoms with Gasteiger partial charge in [-0.1, -0.05) is 0 Å². The van der Waals surface area contributed by atoms with Gasteiger partial charge >= 0.3 is 5.97 Å². The highest BCUT2D eigenvalue weighted by molar-refractivity contribution is 7.87. The van der Waals surface area contributed by atoms with E-state index in [1.165, 1.54) is 0 Å². The Labute approximate surface area is 104 Å². The molecule has 1 aliphatic rings. The molecule has 0 saturated carbocycles. The Hall–Kier alpha value is -1.23. The van der Waals surface area contributed by atoms with Crippen LogP contribution in [-0.4, -0.2) is 62.1 Å². The van der Waals surface area contributed by atoms with Gasteiger partial charge in [-0.3, -0.25) is 9.59 Å². The van der Waals surface area contributed by atoms with Gasteiger partial charge in [0.05, 0.1) is 19.6 Å². The fraction of sp³-hybridized carbons (Fsp3) is 0.750. The highest BCUT2D eigenvalue weighted by atomic mass is 32.2. The third-order valence-corrected chi connectivity index (χ3v) is 3.93. The number of primary amides is 1. The van der Waals surface area contributed by atoms with E-state index in [-0.39, 0.29) is 26.3 Å². The van der Waals surface area contributed by atoms with Crippen LogP contribution in [0.25, 0.3) is 0 Å². The summed E-state index contributed by atoms with van der Waals surface area (Å²) >= 11 is 0. The number of hydrogen-bond donors (Lipinski definition) is 3. The lowest BCUT2D eigenvalue weighted by Gasteiger charge is -2.27. The standard InChI is InChI=1S/C8H15N3O6S/c9-7(12)5-6(8(13)14)10-18(15,16)11-1-3-17-4-2-11/h6,10H,1-5H2,(H2,9,12)(H,13,14)/t6-/m0/s1. The molecule has 0 radical (unpaired) electrons. The molecule has 0 aliphatic carbocycles. The number of carbonyl (C=O) groups excluding carboxylic acids is 1. The van der Waals surface area contributed by atoms with Gasteiger partial charge in [0.25, 0.3) is 10.2 Å². The van der Waals surface area contributed by atoms with Crippen LogP contribution in [0, 0.1) is 0 Å². The zero-order chi connectivity index (χ0) is 13.8. The zero-order valence-corrected chi connectivity index (χ0v) is 10.4. The van der Waals surface area contributed by atoms with E-state index in [0.29, 0.717) is 0 Å². The maximum atomic E-state index is 11.8. The van der Waals surface area contributed by atoms with Gasteiger partial charge in [0.2, 0.25) is 5.91 Å². The summed E-state index contributed by atoms with van der Waals surface area (Å²) < 4.78 is 31.6. The highest BCUT2D eigenvalue weighted by Gasteiger charge is 2.30. The molecule has 0 unspecified atom stereocenters. The van der Waals surface area contributed by atoms with Crippen LogP contribution in [0.4, 0.5) is 0 Å². The molecule has 104 valence electrons. The third-order valence-electron chi connectivity index (χ3n) is 2.30. The number of nitrogens with zero attached hydrogens (tertiary/aromatic N) is 1. The van der Waals surface area contributed by atoms with Gasteiger partial charge in [-0.15, -0.1) is 0 Å². The van der Waals surface area contributed by atoms with E-state index < -0.39 is 34.5 Å². The van der Waals surface area contributed by atoms with Crippen molar-refractivity contribution in [2.75, 3.05) is 26.3 Å². The molecule has 9 nitrogen and oxygen atoms in total. The van der Waals surface area contributed by atoms with Crippen molar-refractivity contribution in [3.05, 3.63) is 0 Å². The molecule has 0 aromatic heterocycles. The Bertz CT molecular complexity index is 417. The number of rotatable bonds is 6. The predicted octanol–water partition coefficient (Wildman–Crippen LogP) is -2.52. The average molecular weight is 281 g/mol. The lowest BCUT2D eigenvalue weighted by Crippen LogP contribution is -2.52. The maximum Gasteiger partial charge on any atom is 0.322 e. The molecule has 1 aliphatic heterocycles. The number of carboxylic acid groups (broad SMARTS) is 1. The van der Waals surface area contributed by atoms with Gasteiger partial charge in [0.15, 0.2) is 0 Å². The van der Waals surface area contributed by atoms with Crippen LogP contribution in [0.5, 0.6) is 0 Å². The quantitative estimate of drug-likeness (QED) is 0.491. The van der Waals surface area contributed by atoms with Gasteiger partial charge in [-0.2, -0.15) is 17.4 Å². The average Bonchev–Trinajstić information content (AvgIpc) is 2.28. The minimum atomic E-state index is -3.96. The van der Waals surface area contributed by atoms with Crippen molar-refractivity contribution in [3.8, 4) is 0 Å². The first-order chi connectivity index (χ1) is 8.33. The van der Waals surface area contributed by atoms with E-state index in [1.54, 1.807) is 0 Å². The predicted molar refractivity (Wildman–Crippen MR) is 59.7 cm³/mol. The lowest BCUT2D eigenvalue weighted by atomic mass is 10.2. The summed E-state index contributed by atoms with van der Waals surface area (Å²) in [5.41, 5.74) is 4.86. The molecule has 1 amide bonds. The van der Waals surface area contributed by atoms with Crippen LogP contribution in [-0.2, 0) is 24.5 Å². The fourth-order valence-corrected chi connectivity index (χ4v) is 2.74. The molecule has 1 saturated heterocycles. The summed E-state index contributed by atoms with van der Waals surface area (Å²) in [6.45, 7) is 0.763. The molecule has 0 aromatic carbocycles. The minimum Gasteiger partial charge on any atom is -0.480 e. The molecule has 0 spiro atoms. The second-order valence-electron chi connectivity index (χ2n) is 3.70. The second-order valence-corrected chi connectivity index (χ2v) is 5.40. The summed E-state index contributed by atoms with van der Waals surface area (Å²) in [6.07, 6.45) is -0.598. The molecule has 0 bridgehead atoms. The smallest absolute Gasteiger partial charge is 0.322 e. The topological polar surface area (TPSA) is 139 Å². The van der Waals surface area contributed by atoms with Crippen molar-refractivity contribution < 1.29 is 27.9 Å². The van der Waals surface area contributed by atoms with E-state index in [1.807, 2.05) is 4.72 Å². The van der Waals surface area contributed by atoms with E-state index in [2.05, 4.69) is 0 Å². The van der Waals surface area contributed by atoms with E-state index in [0.717, 1.165) is 4.31 Å². The largest absolute Gasteiger partial charge is 0.480 e. The molecule has 1 fully saturated rings. The fourth-order valence-electron chi connectivity index (χ4n) is 1.42. The van der Waals surface area contributed by atoms with Crippen molar-refractivity contribution in [2.45, 2.75) is 12.5 Å². The van der Waals surface area contributed by atoms with Crippen molar-refractivity contribution in [3.63, 3.8) is 0 Å². The van der Waals surface area contributed by atoms with Gasteiger partial charge in [0, 0.05) is 13.1 Å². The number of nitrogens with two attached hydrogens (primary N) is 1. The van der Waals surface area contributed by atoms with Crippen molar-refractivity contribution in [1.29, 1.82) is 0 Å². The first kappa shape index (κ1) is 14.8. The summed E-state index contributed by atoms with van der Waals surface area (Å²) in [5, 5.41) is 8.81. The van der Waals surface area contributed by atoms with Gasteiger partial charge in [0.1, 0.15) is 6.04 Å². The number of ether oxygens (including phenoxy) is 1. The highest BCUT2D eigenvalue weighted by Crippen LogP contribution is 2.05. The van der Waals surface area contributed by atoms with Crippen LogP contribution < -0.4 is 10.5 Å². The number of nitrogens with one attached hydrogen (secondary N) is 1. The second kappa shape index (κ2) is 6.09. The SMILES string of the molecule is NC(=O)C[C@H](NS(=O)(=O)N1CCOCC1)C(=O)O. The molecule has 10 heteroatoms. The zero-order valence-electron chi connectivity index (χ0n) is 9.53. The van der Waals surface area contributed by atoms with Crippen LogP contribution in [0.2, 0.25) is 0 Å². The number of morpholine rings is 1. The van der Waals surface area contributed by atoms with Gasteiger partial charge in [-0.05, 0) is 0 Å². The number of carbonyl (C=O) groups is 2. The Morgan fingerprint density at radius 1 is 1.39 bits per heavy atom. The normalized spacial score (nSPS) is 19.3. The van der Waals surface area contributed by atoms with Crippen LogP contribution in [0.3, 0.4) is 0 Å². The Balaban J connectivity index is 2.71. The monoisotopic (exact) mass is 281 g/mol. The molecular weight excluding hydrogens is 266 g/mol. The van der Waals surface area contributed by atoms with Crippen LogP contribution in [0.1, 0.15) is 6.42 Å². The first-order valence-electron chi connectivity index (χ1n) is 5.19. The van der Waals surface area contributed by atoms with E-state index in [9.17, 15) is 18.0 Å². The number of aliphatic carboxylic acids is 1. The summed E-state index contributed by atoms with van der Waals surface area (Å²) in [6, 6.07) is -1.56. The molecule has 4 N–H and O–H groups in total. The van der Waals surface area contributed by atoms with Crippen LogP contribution in [0.15, 0.2) is 0 Å². The summed E-state index contributed by atoms with van der Waals surface area (Å²) in [7, 11) is -3.96. The van der Waals surface area contributed by atoms with Crippen molar-refractivity contribution in [2.24, 2.45) is 5.73 Å². The molecule has 1 heterocycles. The van der Waals surface area contributed by atoms with Crippen LogP contribution >= 0.6 is 0 Å². The minimum absolute atomic E-state index is 0.137. The Morgan fingerprint density at radius 2 is 1.94 bits per heavy atom. The molecule has 1 atom stereocenters. The number of amides is 1. The lowest BCUT2D eigenvalue weighted by molar-refractivity contribution is -0.140. The van der Waals surface area contributed by atoms with Gasteiger partial charge < -0.3 is 15.6 Å². The molecule has 0 aromatic rings. The number of carboxylic acids is 1.